The largest absolute Gasteiger partial charge is 0.474 e. The molecule has 0 spiro atoms. The number of pyridine rings is 1. The van der Waals surface area contributed by atoms with Gasteiger partial charge in [-0.05, 0) is 18.1 Å². The number of rotatable bonds is 7. The lowest BCUT2D eigenvalue weighted by molar-refractivity contribution is -0.122. The molecule has 1 fully saturated rings. The van der Waals surface area contributed by atoms with Gasteiger partial charge in [0.25, 0.3) is 0 Å². The minimum Gasteiger partial charge on any atom is -0.474 e. The Bertz CT molecular complexity index is 481. The lowest BCUT2D eigenvalue weighted by atomic mass is 10.1. The molecule has 1 unspecified atom stereocenters. The third-order valence-corrected chi connectivity index (χ3v) is 3.66. The number of carbonyl (C=O) groups is 1. The molecule has 130 valence electrons. The molecule has 1 aliphatic rings. The maximum Gasteiger partial charge on any atom is 0.237 e. The summed E-state index contributed by atoms with van der Waals surface area (Å²) in [5.74, 6) is 0.474. The number of nitrogens with two attached hydrogens (primary N) is 1. The van der Waals surface area contributed by atoms with Gasteiger partial charge in [-0.2, -0.15) is 0 Å². The first-order valence-corrected chi connectivity index (χ1v) is 7.91. The van der Waals surface area contributed by atoms with Gasteiger partial charge in [-0.15, -0.1) is 12.4 Å². The first-order valence-electron chi connectivity index (χ1n) is 7.91. The van der Waals surface area contributed by atoms with E-state index in [1.807, 2.05) is 19.1 Å². The summed E-state index contributed by atoms with van der Waals surface area (Å²) in [5, 5.41) is 2.85. The van der Waals surface area contributed by atoms with Crippen LogP contribution in [0.2, 0.25) is 0 Å². The normalized spacial score (nSPS) is 16.3. The molecule has 3 N–H and O–H groups in total. The molecule has 6 nitrogen and oxygen atoms in total. The van der Waals surface area contributed by atoms with Crippen molar-refractivity contribution in [3.8, 4) is 5.88 Å². The first kappa shape index (κ1) is 19.7. The summed E-state index contributed by atoms with van der Waals surface area (Å²) >= 11 is 0. The molecule has 0 aromatic carbocycles. The summed E-state index contributed by atoms with van der Waals surface area (Å²) in [7, 11) is 0. The molecule has 2 heterocycles. The lowest BCUT2D eigenvalue weighted by Crippen LogP contribution is -2.40. The second-order valence-corrected chi connectivity index (χ2v) is 5.54. The van der Waals surface area contributed by atoms with Crippen LogP contribution in [0.5, 0.6) is 5.88 Å². The molecule has 1 atom stereocenters. The van der Waals surface area contributed by atoms with E-state index >= 15 is 0 Å². The summed E-state index contributed by atoms with van der Waals surface area (Å²) in [6.45, 7) is 3.91. The Labute approximate surface area is 143 Å². The van der Waals surface area contributed by atoms with Gasteiger partial charge in [0.2, 0.25) is 11.8 Å². The van der Waals surface area contributed by atoms with Gasteiger partial charge in [-0.25, -0.2) is 4.98 Å². The van der Waals surface area contributed by atoms with Gasteiger partial charge < -0.3 is 20.5 Å². The summed E-state index contributed by atoms with van der Waals surface area (Å²) < 4.78 is 11.2. The minimum atomic E-state index is -0.440. The number of hydrogen-bond donors (Lipinski definition) is 2. The molecular formula is C16H26ClN3O3. The Balaban J connectivity index is 0.00000264. The predicted molar refractivity (Wildman–Crippen MR) is 90.7 cm³/mol. The summed E-state index contributed by atoms with van der Waals surface area (Å²) in [5.41, 5.74) is 6.74. The van der Waals surface area contributed by atoms with E-state index in [1.54, 1.807) is 6.20 Å². The topological polar surface area (TPSA) is 86.5 Å². The van der Waals surface area contributed by atoms with Crippen molar-refractivity contribution in [2.75, 3.05) is 13.2 Å². The van der Waals surface area contributed by atoms with Gasteiger partial charge in [-0.3, -0.25) is 4.79 Å². The van der Waals surface area contributed by atoms with Crippen LogP contribution in [0.1, 0.15) is 38.2 Å². The average molecular weight is 344 g/mol. The maximum absolute atomic E-state index is 11.8. The summed E-state index contributed by atoms with van der Waals surface area (Å²) in [6.07, 6.45) is 5.21. The van der Waals surface area contributed by atoms with E-state index in [1.165, 1.54) is 0 Å². The van der Waals surface area contributed by atoms with Crippen LogP contribution in [-0.4, -0.2) is 36.3 Å². The Morgan fingerprint density at radius 2 is 2.26 bits per heavy atom. The van der Waals surface area contributed by atoms with Crippen LogP contribution in [-0.2, 0) is 16.1 Å². The highest BCUT2D eigenvalue weighted by Crippen LogP contribution is 2.16. The van der Waals surface area contributed by atoms with Crippen LogP contribution < -0.4 is 15.8 Å². The van der Waals surface area contributed by atoms with Crippen molar-refractivity contribution >= 4 is 18.3 Å². The van der Waals surface area contributed by atoms with Crippen LogP contribution in [0.15, 0.2) is 18.3 Å². The van der Waals surface area contributed by atoms with Crippen molar-refractivity contribution in [2.45, 2.75) is 51.3 Å². The van der Waals surface area contributed by atoms with Crippen LogP contribution in [0.3, 0.4) is 0 Å². The van der Waals surface area contributed by atoms with Crippen molar-refractivity contribution in [2.24, 2.45) is 5.73 Å². The second-order valence-electron chi connectivity index (χ2n) is 5.54. The number of nitrogens with zero attached hydrogens (tertiary/aromatic N) is 1. The van der Waals surface area contributed by atoms with E-state index in [4.69, 9.17) is 15.2 Å². The van der Waals surface area contributed by atoms with E-state index in [9.17, 15) is 4.79 Å². The Morgan fingerprint density at radius 3 is 2.96 bits per heavy atom. The molecule has 1 amide bonds. The van der Waals surface area contributed by atoms with Crippen molar-refractivity contribution in [3.05, 3.63) is 23.9 Å². The standard InChI is InChI=1S/C16H25N3O3.ClH/c1-2-3-14(17)16(20)19-11-12-4-7-18-15(10-12)22-13-5-8-21-9-6-13;/h4,7,10,13-14H,2-3,5-6,8-9,11,17H2,1H3,(H,19,20);1H. The number of carbonyl (C=O) groups excluding carboxylic acids is 1. The smallest absolute Gasteiger partial charge is 0.237 e. The van der Waals surface area contributed by atoms with Crippen molar-refractivity contribution < 1.29 is 14.3 Å². The van der Waals surface area contributed by atoms with Crippen molar-refractivity contribution in [1.82, 2.24) is 10.3 Å². The molecule has 0 radical (unpaired) electrons. The van der Waals surface area contributed by atoms with Gasteiger partial charge in [0.1, 0.15) is 6.10 Å². The third kappa shape index (κ3) is 6.72. The lowest BCUT2D eigenvalue weighted by Gasteiger charge is -2.22. The van der Waals surface area contributed by atoms with Crippen LogP contribution in [0.4, 0.5) is 0 Å². The molecular weight excluding hydrogens is 318 g/mol. The Hall–Kier alpha value is -1.37. The zero-order chi connectivity index (χ0) is 15.8. The van der Waals surface area contributed by atoms with Gasteiger partial charge >= 0.3 is 0 Å². The van der Waals surface area contributed by atoms with E-state index in [-0.39, 0.29) is 24.4 Å². The molecule has 7 heteroatoms. The number of hydrogen-bond acceptors (Lipinski definition) is 5. The SMILES string of the molecule is CCCC(N)C(=O)NCc1ccnc(OC2CCOCC2)c1.Cl. The molecule has 23 heavy (non-hydrogen) atoms. The average Bonchev–Trinajstić information content (AvgIpc) is 2.54. The highest BCUT2D eigenvalue weighted by Gasteiger charge is 2.16. The highest BCUT2D eigenvalue weighted by molar-refractivity contribution is 5.85. The number of nitrogens with one attached hydrogen (secondary N) is 1. The summed E-state index contributed by atoms with van der Waals surface area (Å²) in [6, 6.07) is 3.29. The fourth-order valence-corrected chi connectivity index (χ4v) is 2.35. The number of ether oxygens (including phenoxy) is 2. The fourth-order valence-electron chi connectivity index (χ4n) is 2.35. The van der Waals surface area contributed by atoms with Crippen molar-refractivity contribution in [1.29, 1.82) is 0 Å². The highest BCUT2D eigenvalue weighted by atomic mass is 35.5. The van der Waals surface area contributed by atoms with E-state index in [0.29, 0.717) is 18.8 Å². The van der Waals surface area contributed by atoms with E-state index < -0.39 is 6.04 Å². The van der Waals surface area contributed by atoms with Crippen LogP contribution >= 0.6 is 12.4 Å². The molecule has 1 aromatic heterocycles. The zero-order valence-electron chi connectivity index (χ0n) is 13.5. The number of aromatic nitrogens is 1. The van der Waals surface area contributed by atoms with Gasteiger partial charge in [0.15, 0.2) is 0 Å². The molecule has 1 saturated heterocycles. The molecule has 0 aliphatic carbocycles. The zero-order valence-corrected chi connectivity index (χ0v) is 14.3. The molecule has 0 saturated carbocycles. The van der Waals surface area contributed by atoms with Crippen LogP contribution in [0.25, 0.3) is 0 Å². The Morgan fingerprint density at radius 1 is 1.52 bits per heavy atom. The molecule has 1 aliphatic heterocycles. The predicted octanol–water partition coefficient (Wildman–Crippen LogP) is 1.80. The van der Waals surface area contributed by atoms with E-state index in [2.05, 4.69) is 10.3 Å². The minimum absolute atomic E-state index is 0. The quantitative estimate of drug-likeness (QED) is 0.788. The molecule has 1 aromatic rings. The van der Waals surface area contributed by atoms with Crippen molar-refractivity contribution in [3.63, 3.8) is 0 Å². The monoisotopic (exact) mass is 343 g/mol. The second kappa shape index (κ2) is 10.4. The summed E-state index contributed by atoms with van der Waals surface area (Å²) in [4.78, 5) is 16.0. The number of halogens is 1. The fraction of sp³-hybridized carbons (Fsp3) is 0.625. The maximum atomic E-state index is 11.8. The van der Waals surface area contributed by atoms with Gasteiger partial charge in [-0.1, -0.05) is 13.3 Å². The van der Waals surface area contributed by atoms with E-state index in [0.717, 1.165) is 38.0 Å². The third-order valence-electron chi connectivity index (χ3n) is 3.66. The van der Waals surface area contributed by atoms with Gasteiger partial charge in [0, 0.05) is 31.6 Å². The first-order chi connectivity index (χ1) is 10.7. The van der Waals surface area contributed by atoms with Gasteiger partial charge in [0.05, 0.1) is 19.3 Å². The molecule has 2 rings (SSSR count). The number of amides is 1. The molecule has 0 bridgehead atoms. The Kier molecular flexibility index (Phi) is 8.91. The van der Waals surface area contributed by atoms with Crippen LogP contribution in [0, 0.1) is 0 Å².